The molecule has 42 heavy (non-hydrogen) atoms. The predicted octanol–water partition coefficient (Wildman–Crippen LogP) is 7.26. The number of rotatable bonds is 7. The van der Waals surface area contributed by atoms with Gasteiger partial charge in [-0.1, -0.05) is 29.8 Å². The zero-order chi connectivity index (χ0) is 29.2. The number of nitrogens with zero attached hydrogens (tertiary/aromatic N) is 3. The lowest BCUT2D eigenvalue weighted by Gasteiger charge is -2.10. The summed E-state index contributed by atoms with van der Waals surface area (Å²) >= 11 is 9.59. The number of hydrogen-bond donors (Lipinski definition) is 1. The van der Waals surface area contributed by atoms with E-state index in [-0.39, 0.29) is 18.0 Å². The van der Waals surface area contributed by atoms with Crippen molar-refractivity contribution in [3.63, 3.8) is 0 Å². The third-order valence-corrected chi connectivity index (χ3v) is 7.05. The number of amides is 1. The van der Waals surface area contributed by atoms with Crippen LogP contribution in [0.2, 0.25) is 5.02 Å². The highest BCUT2D eigenvalue weighted by atomic mass is 79.9. The lowest BCUT2D eigenvalue weighted by atomic mass is 10.2. The van der Waals surface area contributed by atoms with Gasteiger partial charge in [-0.15, -0.1) is 0 Å². The maximum atomic E-state index is 13.5. The van der Waals surface area contributed by atoms with Gasteiger partial charge in [-0.25, -0.2) is 9.37 Å². The molecule has 0 fully saturated rings. The number of furan rings is 1. The van der Waals surface area contributed by atoms with Crippen LogP contribution in [0.1, 0.15) is 5.56 Å². The maximum Gasteiger partial charge on any atom is 0.282 e. The largest absolute Gasteiger partial charge is 0.483 e. The molecule has 2 heterocycles. The number of hydrogen-bond acceptors (Lipinski definition) is 6. The Morgan fingerprint density at radius 1 is 1.07 bits per heavy atom. The molecule has 0 saturated heterocycles. The average Bonchev–Trinajstić information content (AvgIpc) is 3.39. The molecule has 208 valence electrons. The van der Waals surface area contributed by atoms with Crippen LogP contribution in [0, 0.1) is 5.82 Å². The van der Waals surface area contributed by atoms with E-state index < -0.39 is 11.7 Å². The number of halogens is 3. The molecule has 8 nitrogen and oxygen atoms in total. The van der Waals surface area contributed by atoms with E-state index in [1.54, 1.807) is 72.8 Å². The van der Waals surface area contributed by atoms with E-state index in [9.17, 15) is 14.0 Å². The van der Waals surface area contributed by atoms with Gasteiger partial charge in [0.15, 0.2) is 12.4 Å². The van der Waals surface area contributed by atoms with Gasteiger partial charge in [0.05, 0.1) is 21.6 Å². The molecule has 0 saturated carbocycles. The number of nitrogens with one attached hydrogen (secondary N) is 1. The Morgan fingerprint density at radius 2 is 1.93 bits per heavy atom. The standard InChI is InChI=1S/C31H19BrClFN4O4/c32-24-12-18(8-10-27(24)41-17-29(39)36-22-5-3-4-21(34)15-22)16-35-38-30(37-25-7-2-1-6-23(25)31(38)40)28-14-19-13-20(33)9-11-26(19)42-28/h1-16H,17H2,(H,36,39). The number of aromatic nitrogens is 2. The number of anilines is 1. The van der Waals surface area contributed by atoms with E-state index >= 15 is 0 Å². The molecule has 0 aliphatic heterocycles. The van der Waals surface area contributed by atoms with E-state index in [0.717, 1.165) is 5.39 Å². The van der Waals surface area contributed by atoms with Crippen LogP contribution in [-0.4, -0.2) is 28.4 Å². The van der Waals surface area contributed by atoms with E-state index in [2.05, 4.69) is 31.3 Å². The first-order chi connectivity index (χ1) is 20.3. The molecule has 6 rings (SSSR count). The maximum absolute atomic E-state index is 13.5. The average molecular weight is 646 g/mol. The van der Waals surface area contributed by atoms with Crippen molar-refractivity contribution < 1.29 is 18.3 Å². The number of carbonyl (C=O) groups excluding carboxylic acids is 1. The Balaban J connectivity index is 1.27. The highest BCUT2D eigenvalue weighted by molar-refractivity contribution is 9.10. The van der Waals surface area contributed by atoms with Gasteiger partial charge in [-0.3, -0.25) is 9.59 Å². The summed E-state index contributed by atoms with van der Waals surface area (Å²) in [7, 11) is 0. The first kappa shape index (κ1) is 27.4. The second-order valence-electron chi connectivity index (χ2n) is 9.14. The smallest absolute Gasteiger partial charge is 0.282 e. The van der Waals surface area contributed by atoms with Gasteiger partial charge >= 0.3 is 0 Å². The molecule has 0 bridgehead atoms. The first-order valence-corrected chi connectivity index (χ1v) is 13.7. The SMILES string of the molecule is O=C(COc1ccc(C=Nn2c(-c3cc4cc(Cl)ccc4o3)nc3ccccc3c2=O)cc1Br)Nc1cccc(F)c1. The highest BCUT2D eigenvalue weighted by Gasteiger charge is 2.17. The predicted molar refractivity (Wildman–Crippen MR) is 164 cm³/mol. The number of para-hydroxylation sites is 1. The molecule has 0 radical (unpaired) electrons. The van der Waals surface area contributed by atoms with Crippen LogP contribution in [0.15, 0.2) is 110 Å². The molecule has 11 heteroatoms. The van der Waals surface area contributed by atoms with Gasteiger partial charge in [0.1, 0.15) is 17.1 Å². The minimum atomic E-state index is -0.454. The molecule has 0 aliphatic carbocycles. The summed E-state index contributed by atoms with van der Waals surface area (Å²) in [5.74, 6) is 0.0961. The number of fused-ring (bicyclic) bond motifs is 2. The molecule has 0 unspecified atom stereocenters. The van der Waals surface area contributed by atoms with Crippen LogP contribution in [0.5, 0.6) is 5.75 Å². The van der Waals surface area contributed by atoms with Crippen molar-refractivity contribution in [3.05, 3.63) is 122 Å². The van der Waals surface area contributed by atoms with Crippen LogP contribution < -0.4 is 15.6 Å². The Hall–Kier alpha value is -4.80. The molecular formula is C31H19BrClFN4O4. The summed E-state index contributed by atoms with van der Waals surface area (Å²) in [4.78, 5) is 30.4. The fourth-order valence-corrected chi connectivity index (χ4v) is 4.95. The van der Waals surface area contributed by atoms with Crippen molar-refractivity contribution in [1.82, 2.24) is 9.66 Å². The normalized spacial score (nSPS) is 11.4. The third kappa shape index (κ3) is 5.81. The molecular weight excluding hydrogens is 627 g/mol. The van der Waals surface area contributed by atoms with Crippen molar-refractivity contribution in [2.24, 2.45) is 5.10 Å². The second kappa shape index (κ2) is 11.6. The van der Waals surface area contributed by atoms with Crippen LogP contribution in [0.4, 0.5) is 10.1 Å². The Kier molecular flexibility index (Phi) is 7.56. The monoisotopic (exact) mass is 644 g/mol. The van der Waals surface area contributed by atoms with Gasteiger partial charge in [0.25, 0.3) is 11.5 Å². The number of carbonyl (C=O) groups is 1. The Bertz CT molecular complexity index is 2070. The van der Waals surface area contributed by atoms with Crippen LogP contribution in [-0.2, 0) is 4.79 Å². The van der Waals surface area contributed by atoms with E-state index in [1.165, 1.54) is 29.1 Å². The number of benzene rings is 4. The zero-order valence-corrected chi connectivity index (χ0v) is 23.9. The minimum Gasteiger partial charge on any atom is -0.483 e. The molecule has 1 N–H and O–H groups in total. The molecule has 0 aliphatic rings. The van der Waals surface area contributed by atoms with Crippen molar-refractivity contribution >= 4 is 67.2 Å². The second-order valence-corrected chi connectivity index (χ2v) is 10.4. The third-order valence-electron chi connectivity index (χ3n) is 6.20. The van der Waals surface area contributed by atoms with E-state index in [0.29, 0.717) is 48.7 Å². The lowest BCUT2D eigenvalue weighted by Crippen LogP contribution is -2.20. The summed E-state index contributed by atoms with van der Waals surface area (Å²) in [5, 5.41) is 8.76. The molecule has 6 aromatic rings. The van der Waals surface area contributed by atoms with Gasteiger partial charge in [-0.05, 0) is 94.3 Å². The molecule has 4 aromatic carbocycles. The van der Waals surface area contributed by atoms with Gasteiger partial charge < -0.3 is 14.5 Å². The summed E-state index contributed by atoms with van der Waals surface area (Å²) in [6, 6.07) is 24.7. The molecule has 0 spiro atoms. The van der Waals surface area contributed by atoms with Crippen molar-refractivity contribution in [3.8, 4) is 17.3 Å². The fraction of sp³-hybridized carbons (Fsp3) is 0.0323. The Morgan fingerprint density at radius 3 is 2.76 bits per heavy atom. The topological polar surface area (TPSA) is 98.7 Å². The lowest BCUT2D eigenvalue weighted by molar-refractivity contribution is -0.118. The summed E-state index contributed by atoms with van der Waals surface area (Å²) in [6.45, 7) is -0.285. The quantitative estimate of drug-likeness (QED) is 0.184. The van der Waals surface area contributed by atoms with Crippen molar-refractivity contribution in [1.29, 1.82) is 0 Å². The first-order valence-electron chi connectivity index (χ1n) is 12.6. The van der Waals surface area contributed by atoms with Crippen molar-refractivity contribution in [2.75, 3.05) is 11.9 Å². The zero-order valence-electron chi connectivity index (χ0n) is 21.6. The molecule has 1 amide bonds. The minimum absolute atomic E-state index is 0.227. The van der Waals surface area contributed by atoms with E-state index in [1.807, 2.05) is 0 Å². The molecule has 0 atom stereocenters. The fourth-order valence-electron chi connectivity index (χ4n) is 4.26. The van der Waals surface area contributed by atoms with Crippen LogP contribution in [0.3, 0.4) is 0 Å². The molecule has 2 aromatic heterocycles. The summed E-state index contributed by atoms with van der Waals surface area (Å²) in [6.07, 6.45) is 1.51. The van der Waals surface area contributed by atoms with Crippen LogP contribution >= 0.6 is 27.5 Å². The van der Waals surface area contributed by atoms with Gasteiger partial charge in [-0.2, -0.15) is 9.78 Å². The van der Waals surface area contributed by atoms with Gasteiger partial charge in [0, 0.05) is 16.1 Å². The Labute approximate surface area is 251 Å². The highest BCUT2D eigenvalue weighted by Crippen LogP contribution is 2.29. The van der Waals surface area contributed by atoms with Crippen molar-refractivity contribution in [2.45, 2.75) is 0 Å². The van der Waals surface area contributed by atoms with E-state index in [4.69, 9.17) is 20.8 Å². The summed E-state index contributed by atoms with van der Waals surface area (Å²) in [5.41, 5.74) is 1.71. The number of ether oxygens (including phenoxy) is 1. The van der Waals surface area contributed by atoms with Crippen LogP contribution in [0.25, 0.3) is 33.5 Å². The summed E-state index contributed by atoms with van der Waals surface area (Å²) < 4.78 is 26.7. The van der Waals surface area contributed by atoms with Gasteiger partial charge in [0.2, 0.25) is 5.82 Å².